The summed E-state index contributed by atoms with van der Waals surface area (Å²) in [6.07, 6.45) is 5.33. The number of aryl methyl sites for hydroxylation is 1. The third-order valence-corrected chi connectivity index (χ3v) is 14.1. The number of carbonyl (C=O) groups is 2. The number of amides is 1. The zero-order chi connectivity index (χ0) is 49.0. The lowest BCUT2D eigenvalue weighted by atomic mass is 9.79. The highest BCUT2D eigenvalue weighted by atomic mass is 31.2. The normalized spacial score (nSPS) is 16.0. The zero-order valence-electron chi connectivity index (χ0n) is 40.2. The van der Waals surface area contributed by atoms with Crippen LogP contribution in [0.1, 0.15) is 82.6 Å². The van der Waals surface area contributed by atoms with E-state index in [1.54, 1.807) is 57.2 Å². The van der Waals surface area contributed by atoms with Gasteiger partial charge in [0.05, 0.1) is 57.5 Å². The van der Waals surface area contributed by atoms with Crippen molar-refractivity contribution in [3.63, 3.8) is 0 Å². The van der Waals surface area contributed by atoms with E-state index in [9.17, 15) is 24.8 Å². The van der Waals surface area contributed by atoms with E-state index in [1.165, 1.54) is 6.07 Å². The van der Waals surface area contributed by atoms with Crippen LogP contribution < -0.4 is 14.9 Å². The molecule has 3 aromatic rings. The highest BCUT2D eigenvalue weighted by Gasteiger charge is 2.43. The number of carboxylic acid groups (broad SMARTS) is 1. The molecular formula is C53H63N4O10P. The fourth-order valence-corrected chi connectivity index (χ4v) is 10.2. The number of carboxylic acids is 1. The van der Waals surface area contributed by atoms with Crippen LogP contribution in [-0.2, 0) is 41.8 Å². The van der Waals surface area contributed by atoms with E-state index in [1.807, 2.05) is 74.5 Å². The molecule has 0 radical (unpaired) electrons. The van der Waals surface area contributed by atoms with Crippen LogP contribution in [0.3, 0.4) is 0 Å². The molecule has 68 heavy (non-hydrogen) atoms. The van der Waals surface area contributed by atoms with Crippen molar-refractivity contribution in [2.24, 2.45) is 5.41 Å². The van der Waals surface area contributed by atoms with E-state index < -0.39 is 37.7 Å². The molecule has 1 amide bonds. The number of hydrogen-bond donors (Lipinski definition) is 1. The van der Waals surface area contributed by atoms with Gasteiger partial charge in [-0.2, -0.15) is 5.26 Å². The van der Waals surface area contributed by atoms with Gasteiger partial charge < -0.3 is 37.7 Å². The average Bonchev–Trinajstić information content (AvgIpc) is 3.75. The van der Waals surface area contributed by atoms with Gasteiger partial charge in [-0.3, -0.25) is 14.4 Å². The number of rotatable bonds is 24. The molecule has 1 aliphatic carbocycles. The van der Waals surface area contributed by atoms with Crippen molar-refractivity contribution in [1.29, 1.82) is 5.26 Å². The molecular weight excluding hydrogens is 884 g/mol. The summed E-state index contributed by atoms with van der Waals surface area (Å²) >= 11 is 0. The van der Waals surface area contributed by atoms with Crippen molar-refractivity contribution < 1.29 is 42.4 Å². The Labute approximate surface area is 400 Å². The maximum Gasteiger partial charge on any atom is 0.309 e. The Morgan fingerprint density at radius 2 is 1.71 bits per heavy atom. The number of likely N-dealkylation sites (tertiary alicyclic amines) is 1. The molecule has 1 N–H and O–H groups in total. The molecule has 1 fully saturated rings. The maximum absolute atomic E-state index is 14.7. The average molecular weight is 947 g/mol. The molecule has 2 aliphatic heterocycles. The first-order chi connectivity index (χ1) is 32.7. The summed E-state index contributed by atoms with van der Waals surface area (Å²) < 4.78 is 39.6. The molecule has 0 spiro atoms. The standard InChI is InChI=1S/C53H63N4O10P/c1-9-27-56(12-4)68(65-28-13-26-54)67-44-31-41(35-64-53(38(10-2)11-3,39-16-20-42(62-7)21-17-39)40-18-22-43(63-8)23-19-40)57(34-44)50(59)25-15-37-30-46-49(32-47(37)58)66-48-29-36(14-24-45(48)55-46)33-52(5,6)51(60)61/h10-11,14,16-24,29-30,32,41,44H,2,9,12-13,15,25,27-28,31,33-35H2,1,3-8H3,(H,60,61)/t41-,44+,68?/m0/s1. The molecule has 0 bridgehead atoms. The molecule has 360 valence electrons. The first-order valence-corrected chi connectivity index (χ1v) is 24.2. The third kappa shape index (κ3) is 11.8. The van der Waals surface area contributed by atoms with E-state index >= 15 is 0 Å². The van der Waals surface area contributed by atoms with Gasteiger partial charge in [0, 0.05) is 37.7 Å². The van der Waals surface area contributed by atoms with Crippen LogP contribution in [0.2, 0.25) is 0 Å². The minimum Gasteiger partial charge on any atom is -0.497 e. The Hall–Kier alpha value is -5.94. The molecule has 0 saturated carbocycles. The molecule has 0 aromatic heterocycles. The van der Waals surface area contributed by atoms with Crippen molar-refractivity contribution in [1.82, 2.24) is 14.6 Å². The van der Waals surface area contributed by atoms with Gasteiger partial charge in [0.2, 0.25) is 5.91 Å². The number of hydrogen-bond acceptors (Lipinski definition) is 12. The summed E-state index contributed by atoms with van der Waals surface area (Å²) in [6, 6.07) is 25.6. The summed E-state index contributed by atoms with van der Waals surface area (Å²) in [5, 5.41) is 19.0. The van der Waals surface area contributed by atoms with Gasteiger partial charge in [-0.15, -0.1) is 0 Å². The van der Waals surface area contributed by atoms with Crippen molar-refractivity contribution in [3.05, 3.63) is 136 Å². The summed E-state index contributed by atoms with van der Waals surface area (Å²) in [5.41, 5.74) is 2.64. The summed E-state index contributed by atoms with van der Waals surface area (Å²) in [7, 11) is 1.68. The smallest absolute Gasteiger partial charge is 0.309 e. The Morgan fingerprint density at radius 3 is 2.28 bits per heavy atom. The monoisotopic (exact) mass is 946 g/mol. The van der Waals surface area contributed by atoms with E-state index in [4.69, 9.17) is 32.7 Å². The molecule has 3 atom stereocenters. The predicted molar refractivity (Wildman–Crippen MR) is 263 cm³/mol. The largest absolute Gasteiger partial charge is 0.497 e. The topological polar surface area (TPSA) is 174 Å². The van der Waals surface area contributed by atoms with Crippen molar-refractivity contribution in [3.8, 4) is 29.0 Å². The summed E-state index contributed by atoms with van der Waals surface area (Å²) in [6.45, 7) is 15.6. The number of fused-ring (bicyclic) bond motifs is 2. The van der Waals surface area contributed by atoms with E-state index in [2.05, 4.69) is 24.2 Å². The highest BCUT2D eigenvalue weighted by molar-refractivity contribution is 7.44. The fourth-order valence-electron chi connectivity index (χ4n) is 8.61. The molecule has 2 heterocycles. The zero-order valence-corrected chi connectivity index (χ0v) is 41.1. The first-order valence-electron chi connectivity index (χ1n) is 23.1. The number of nitrogens with zero attached hydrogens (tertiary/aromatic N) is 4. The molecule has 3 aliphatic rings. The van der Waals surface area contributed by atoms with Crippen LogP contribution in [-0.4, -0.2) is 90.8 Å². The molecule has 3 aromatic carbocycles. The Kier molecular flexibility index (Phi) is 17.7. The SMILES string of the molecule is C=CC(=CC)C(OC[C@@H]1C[C@@H](OP(OCCC#N)N(CC)CCC)CN1C(=O)CCc1cc2nc3ccc(CC(C)(C)C(=O)O)cc3oc-2cc1=O)(c1ccc(OC)cc1)c1ccc(OC)cc1. The molecule has 1 unspecified atom stereocenters. The quantitative estimate of drug-likeness (QED) is 0.0268. The lowest BCUT2D eigenvalue weighted by molar-refractivity contribution is -0.146. The minimum absolute atomic E-state index is 0.0244. The Bertz CT molecular complexity index is 2580. The van der Waals surface area contributed by atoms with Crippen LogP contribution >= 0.6 is 8.53 Å². The summed E-state index contributed by atoms with van der Waals surface area (Å²) in [5.74, 6) is 0.571. The van der Waals surface area contributed by atoms with Gasteiger partial charge in [0.15, 0.2) is 16.8 Å². The van der Waals surface area contributed by atoms with Crippen molar-refractivity contribution in [2.75, 3.05) is 47.1 Å². The maximum atomic E-state index is 14.7. The van der Waals surface area contributed by atoms with Gasteiger partial charge in [-0.25, -0.2) is 9.65 Å². The molecule has 14 nitrogen and oxygen atoms in total. The van der Waals surface area contributed by atoms with Gasteiger partial charge >= 0.3 is 5.97 Å². The van der Waals surface area contributed by atoms with Gasteiger partial charge in [0.1, 0.15) is 28.3 Å². The number of carbonyl (C=O) groups excluding carboxylic acids is 1. The van der Waals surface area contributed by atoms with E-state index in [0.717, 1.165) is 35.2 Å². The molecule has 6 rings (SSSR count). The minimum atomic E-state index is -1.55. The lowest BCUT2D eigenvalue weighted by Gasteiger charge is -2.38. The van der Waals surface area contributed by atoms with Crippen molar-refractivity contribution >= 4 is 31.5 Å². The third-order valence-electron chi connectivity index (χ3n) is 12.3. The number of benzene rings is 4. The fraction of sp³-hybridized carbons (Fsp3) is 0.415. The highest BCUT2D eigenvalue weighted by Crippen LogP contribution is 2.47. The van der Waals surface area contributed by atoms with Crippen LogP contribution in [0.25, 0.3) is 22.6 Å². The number of nitriles is 1. The number of allylic oxidation sites excluding steroid dienone is 1. The first kappa shape index (κ1) is 51.5. The van der Waals surface area contributed by atoms with Crippen LogP contribution in [0, 0.1) is 16.7 Å². The van der Waals surface area contributed by atoms with Gasteiger partial charge in [-0.05, 0) is 111 Å². The number of ether oxygens (including phenoxy) is 3. The Balaban J connectivity index is 1.32. The lowest BCUT2D eigenvalue weighted by Crippen LogP contribution is -2.42. The number of methoxy groups -OCH3 is 2. The number of aliphatic carboxylic acids is 1. The summed E-state index contributed by atoms with van der Waals surface area (Å²) in [4.78, 5) is 46.6. The second-order valence-electron chi connectivity index (χ2n) is 17.4. The molecule has 15 heteroatoms. The van der Waals surface area contributed by atoms with Gasteiger partial charge in [-0.1, -0.05) is 62.9 Å². The second-order valence-corrected chi connectivity index (χ2v) is 18.9. The Morgan fingerprint density at radius 1 is 1.03 bits per heavy atom. The van der Waals surface area contributed by atoms with Crippen LogP contribution in [0.15, 0.2) is 112 Å². The van der Waals surface area contributed by atoms with Crippen LogP contribution in [0.5, 0.6) is 11.5 Å². The van der Waals surface area contributed by atoms with Gasteiger partial charge in [0.25, 0.3) is 8.53 Å². The molecule has 1 saturated heterocycles. The van der Waals surface area contributed by atoms with E-state index in [0.29, 0.717) is 52.6 Å². The van der Waals surface area contributed by atoms with Crippen LogP contribution in [0.4, 0.5) is 0 Å². The second kappa shape index (κ2) is 23.4. The predicted octanol–water partition coefficient (Wildman–Crippen LogP) is 9.86. The number of aromatic nitrogens is 1. The van der Waals surface area contributed by atoms with E-state index in [-0.39, 0.29) is 56.8 Å². The van der Waals surface area contributed by atoms with Crippen molar-refractivity contribution in [2.45, 2.75) is 90.9 Å².